The predicted molar refractivity (Wildman–Crippen MR) is 80.6 cm³/mol. The number of carbonyl (C=O) groups excluding carboxylic acids is 1. The number of pyridine rings is 1. The first-order chi connectivity index (χ1) is 9.63. The van der Waals surface area contributed by atoms with E-state index in [2.05, 4.69) is 20.9 Å². The van der Waals surface area contributed by atoms with Crippen LogP contribution in [-0.4, -0.2) is 17.4 Å². The average molecular weight is 353 g/mol. The first-order valence-corrected chi connectivity index (χ1v) is 7.38. The highest BCUT2D eigenvalue weighted by Gasteiger charge is 2.20. The van der Waals surface area contributed by atoms with E-state index in [1.54, 1.807) is 24.5 Å². The smallest absolute Gasteiger partial charge is 0.168 e. The van der Waals surface area contributed by atoms with Crippen LogP contribution in [-0.2, 0) is 12.8 Å². The van der Waals surface area contributed by atoms with E-state index in [1.807, 2.05) is 6.07 Å². The number of Topliss-reactive ketones (excluding diaryl/α,β-unsaturated/α-hetero) is 1. The van der Waals surface area contributed by atoms with Gasteiger partial charge in [-0.2, -0.15) is 0 Å². The SMILES string of the molecule is O=C(Cc1cc(Cl)cc2c1OCC2)c1cncc(Br)c1. The van der Waals surface area contributed by atoms with E-state index in [-0.39, 0.29) is 12.2 Å². The minimum Gasteiger partial charge on any atom is -0.493 e. The van der Waals surface area contributed by atoms with Crippen LogP contribution in [0.3, 0.4) is 0 Å². The van der Waals surface area contributed by atoms with Gasteiger partial charge in [0.15, 0.2) is 5.78 Å². The summed E-state index contributed by atoms with van der Waals surface area (Å²) < 4.78 is 6.40. The van der Waals surface area contributed by atoms with E-state index in [9.17, 15) is 4.79 Å². The normalized spacial score (nSPS) is 12.9. The Morgan fingerprint density at radius 1 is 1.35 bits per heavy atom. The molecule has 102 valence electrons. The van der Waals surface area contributed by atoms with Gasteiger partial charge in [-0.1, -0.05) is 11.6 Å². The number of rotatable bonds is 3. The molecule has 3 rings (SSSR count). The zero-order chi connectivity index (χ0) is 14.1. The standard InChI is InChI=1S/C15H11BrClNO2/c16-12-3-11(7-18-8-12)14(19)6-10-5-13(17)4-9-1-2-20-15(9)10/h3-5,7-8H,1-2,6H2. The molecule has 0 aliphatic carbocycles. The molecule has 1 aliphatic heterocycles. The number of halogens is 2. The molecule has 1 aromatic heterocycles. The Kier molecular flexibility index (Phi) is 3.76. The lowest BCUT2D eigenvalue weighted by atomic mass is 10.0. The molecule has 0 radical (unpaired) electrons. The summed E-state index contributed by atoms with van der Waals surface area (Å²) in [6.45, 7) is 0.648. The molecular formula is C15H11BrClNO2. The Bertz CT molecular complexity index is 688. The van der Waals surface area contributed by atoms with E-state index >= 15 is 0 Å². The number of nitrogens with zero attached hydrogens (tertiary/aromatic N) is 1. The second-order valence-electron chi connectivity index (χ2n) is 4.64. The van der Waals surface area contributed by atoms with Crippen LogP contribution in [0.25, 0.3) is 0 Å². The highest BCUT2D eigenvalue weighted by molar-refractivity contribution is 9.10. The zero-order valence-electron chi connectivity index (χ0n) is 10.5. The van der Waals surface area contributed by atoms with E-state index < -0.39 is 0 Å². The van der Waals surface area contributed by atoms with E-state index in [0.717, 1.165) is 27.8 Å². The van der Waals surface area contributed by atoms with Crippen LogP contribution in [0.1, 0.15) is 21.5 Å². The number of hydrogen-bond acceptors (Lipinski definition) is 3. The lowest BCUT2D eigenvalue weighted by molar-refractivity contribution is 0.0991. The van der Waals surface area contributed by atoms with Crippen LogP contribution < -0.4 is 4.74 Å². The highest BCUT2D eigenvalue weighted by Crippen LogP contribution is 2.33. The van der Waals surface area contributed by atoms with Crippen molar-refractivity contribution in [1.82, 2.24) is 4.98 Å². The Balaban J connectivity index is 1.90. The van der Waals surface area contributed by atoms with Crippen LogP contribution in [0, 0.1) is 0 Å². The highest BCUT2D eigenvalue weighted by atomic mass is 79.9. The van der Waals surface area contributed by atoms with Crippen molar-refractivity contribution in [3.8, 4) is 5.75 Å². The van der Waals surface area contributed by atoms with Gasteiger partial charge >= 0.3 is 0 Å². The largest absolute Gasteiger partial charge is 0.493 e. The van der Waals surface area contributed by atoms with Gasteiger partial charge < -0.3 is 4.74 Å². The third-order valence-electron chi connectivity index (χ3n) is 3.20. The van der Waals surface area contributed by atoms with Crippen LogP contribution >= 0.6 is 27.5 Å². The van der Waals surface area contributed by atoms with Crippen molar-refractivity contribution in [3.05, 3.63) is 56.8 Å². The third kappa shape index (κ3) is 2.72. The van der Waals surface area contributed by atoms with Crippen molar-refractivity contribution in [2.45, 2.75) is 12.8 Å². The molecule has 5 heteroatoms. The van der Waals surface area contributed by atoms with Crippen LogP contribution in [0.4, 0.5) is 0 Å². The maximum Gasteiger partial charge on any atom is 0.168 e. The van der Waals surface area contributed by atoms with Crippen molar-refractivity contribution in [1.29, 1.82) is 0 Å². The van der Waals surface area contributed by atoms with Gasteiger partial charge in [0.1, 0.15) is 5.75 Å². The number of ketones is 1. The molecule has 0 bridgehead atoms. The third-order valence-corrected chi connectivity index (χ3v) is 3.86. The van der Waals surface area contributed by atoms with Crippen LogP contribution in [0.5, 0.6) is 5.75 Å². The summed E-state index contributed by atoms with van der Waals surface area (Å²) in [7, 11) is 0. The van der Waals surface area contributed by atoms with E-state index in [4.69, 9.17) is 16.3 Å². The maximum absolute atomic E-state index is 12.3. The van der Waals surface area contributed by atoms with Gasteiger partial charge in [0.05, 0.1) is 6.61 Å². The molecule has 1 aliphatic rings. The van der Waals surface area contributed by atoms with Gasteiger partial charge in [0.2, 0.25) is 0 Å². The number of hydrogen-bond donors (Lipinski definition) is 0. The average Bonchev–Trinajstić information content (AvgIpc) is 2.86. The number of ether oxygens (including phenoxy) is 1. The second-order valence-corrected chi connectivity index (χ2v) is 6.00. The Morgan fingerprint density at radius 2 is 2.20 bits per heavy atom. The number of carbonyl (C=O) groups is 1. The topological polar surface area (TPSA) is 39.2 Å². The Morgan fingerprint density at radius 3 is 3.00 bits per heavy atom. The van der Waals surface area contributed by atoms with Crippen molar-refractivity contribution < 1.29 is 9.53 Å². The first-order valence-electron chi connectivity index (χ1n) is 6.21. The fourth-order valence-electron chi connectivity index (χ4n) is 2.32. The van der Waals surface area contributed by atoms with E-state index in [0.29, 0.717) is 17.2 Å². The first kappa shape index (κ1) is 13.6. The summed E-state index contributed by atoms with van der Waals surface area (Å²) in [6.07, 6.45) is 4.33. The van der Waals surface area contributed by atoms with Crippen molar-refractivity contribution in [2.75, 3.05) is 6.61 Å². The lowest BCUT2D eigenvalue weighted by Gasteiger charge is -2.08. The Labute approximate surface area is 130 Å². The van der Waals surface area contributed by atoms with Crippen molar-refractivity contribution in [2.24, 2.45) is 0 Å². The minimum absolute atomic E-state index is 0.00114. The van der Waals surface area contributed by atoms with Gasteiger partial charge in [0, 0.05) is 45.9 Å². The molecule has 0 amide bonds. The second kappa shape index (κ2) is 5.54. The molecular weight excluding hydrogens is 342 g/mol. The predicted octanol–water partition coefficient (Wildman–Crippen LogP) is 3.86. The molecule has 0 fully saturated rings. The fraction of sp³-hybridized carbons (Fsp3) is 0.200. The molecule has 0 unspecified atom stereocenters. The fourth-order valence-corrected chi connectivity index (χ4v) is 2.94. The summed E-state index contributed by atoms with van der Waals surface area (Å²) in [5, 5.41) is 0.643. The lowest BCUT2D eigenvalue weighted by Crippen LogP contribution is -2.05. The maximum atomic E-state index is 12.3. The van der Waals surface area contributed by atoms with Crippen LogP contribution in [0.15, 0.2) is 35.1 Å². The number of benzene rings is 1. The zero-order valence-corrected chi connectivity index (χ0v) is 12.9. The van der Waals surface area contributed by atoms with Gasteiger partial charge in [-0.3, -0.25) is 9.78 Å². The summed E-state index contributed by atoms with van der Waals surface area (Å²) in [5.41, 5.74) is 2.49. The quantitative estimate of drug-likeness (QED) is 0.788. The van der Waals surface area contributed by atoms with Gasteiger partial charge in [0.25, 0.3) is 0 Å². The summed E-state index contributed by atoms with van der Waals surface area (Å²) >= 11 is 9.41. The molecule has 1 aromatic carbocycles. The summed E-state index contributed by atoms with van der Waals surface area (Å²) in [6, 6.07) is 5.47. The number of fused-ring (bicyclic) bond motifs is 1. The van der Waals surface area contributed by atoms with Crippen LogP contribution in [0.2, 0.25) is 5.02 Å². The molecule has 0 N–H and O–H groups in total. The molecule has 20 heavy (non-hydrogen) atoms. The molecule has 0 saturated heterocycles. The molecule has 0 spiro atoms. The van der Waals surface area contributed by atoms with Crippen molar-refractivity contribution in [3.63, 3.8) is 0 Å². The molecule has 2 aromatic rings. The minimum atomic E-state index is -0.00114. The molecule has 0 atom stereocenters. The van der Waals surface area contributed by atoms with Gasteiger partial charge in [-0.25, -0.2) is 0 Å². The summed E-state index contributed by atoms with van der Waals surface area (Å²) in [4.78, 5) is 16.3. The van der Waals surface area contributed by atoms with Gasteiger partial charge in [-0.15, -0.1) is 0 Å². The molecule has 2 heterocycles. The molecule has 3 nitrogen and oxygen atoms in total. The van der Waals surface area contributed by atoms with Crippen molar-refractivity contribution >= 4 is 33.3 Å². The van der Waals surface area contributed by atoms with E-state index in [1.165, 1.54) is 0 Å². The monoisotopic (exact) mass is 351 g/mol. The number of aromatic nitrogens is 1. The van der Waals surface area contributed by atoms with Gasteiger partial charge in [-0.05, 0) is 39.7 Å². The summed E-state index contributed by atoms with van der Waals surface area (Å²) in [5.74, 6) is 0.810. The Hall–Kier alpha value is -1.39. The molecule has 0 saturated carbocycles.